The van der Waals surface area contributed by atoms with Crippen LogP contribution in [0.25, 0.3) is 0 Å². The SMILES string of the molecule is CC(C)Oc1cccc(C(CN)N2CCCC2)c1. The molecule has 18 heavy (non-hydrogen) atoms. The predicted molar refractivity (Wildman–Crippen MR) is 74.8 cm³/mol. The quantitative estimate of drug-likeness (QED) is 0.870. The maximum atomic E-state index is 5.95. The van der Waals surface area contributed by atoms with Crippen molar-refractivity contribution in [1.29, 1.82) is 0 Å². The van der Waals surface area contributed by atoms with E-state index < -0.39 is 0 Å². The lowest BCUT2D eigenvalue weighted by Crippen LogP contribution is -2.31. The molecular weight excluding hydrogens is 224 g/mol. The van der Waals surface area contributed by atoms with Gasteiger partial charge in [0.05, 0.1) is 6.10 Å². The minimum absolute atomic E-state index is 0.211. The van der Waals surface area contributed by atoms with E-state index >= 15 is 0 Å². The Hall–Kier alpha value is -1.06. The number of nitrogens with zero attached hydrogens (tertiary/aromatic N) is 1. The molecule has 1 saturated heterocycles. The molecule has 1 fully saturated rings. The van der Waals surface area contributed by atoms with E-state index in [1.807, 2.05) is 19.9 Å². The van der Waals surface area contributed by atoms with Crippen molar-refractivity contribution in [3.8, 4) is 5.75 Å². The zero-order chi connectivity index (χ0) is 13.0. The van der Waals surface area contributed by atoms with Gasteiger partial charge in [0.2, 0.25) is 0 Å². The third-order valence-corrected chi connectivity index (χ3v) is 3.42. The summed E-state index contributed by atoms with van der Waals surface area (Å²) in [7, 11) is 0. The van der Waals surface area contributed by atoms with Gasteiger partial charge in [-0.25, -0.2) is 0 Å². The first-order valence-corrected chi connectivity index (χ1v) is 6.91. The summed E-state index contributed by atoms with van der Waals surface area (Å²) in [5.74, 6) is 0.945. The van der Waals surface area contributed by atoms with Crippen molar-refractivity contribution in [2.24, 2.45) is 5.73 Å². The summed E-state index contributed by atoms with van der Waals surface area (Å²) in [5, 5.41) is 0. The Bertz CT molecular complexity index is 373. The summed E-state index contributed by atoms with van der Waals surface area (Å²) < 4.78 is 5.75. The fourth-order valence-electron chi connectivity index (χ4n) is 2.62. The minimum atomic E-state index is 0.211. The van der Waals surface area contributed by atoms with Gasteiger partial charge in [0.25, 0.3) is 0 Å². The molecule has 100 valence electrons. The lowest BCUT2D eigenvalue weighted by molar-refractivity contribution is 0.236. The topological polar surface area (TPSA) is 38.5 Å². The zero-order valence-corrected chi connectivity index (χ0v) is 11.4. The number of rotatable bonds is 5. The fraction of sp³-hybridized carbons (Fsp3) is 0.600. The van der Waals surface area contributed by atoms with Crippen LogP contribution >= 0.6 is 0 Å². The van der Waals surface area contributed by atoms with Crippen molar-refractivity contribution < 1.29 is 4.74 Å². The van der Waals surface area contributed by atoms with Crippen LogP contribution in [0.3, 0.4) is 0 Å². The standard InChI is InChI=1S/C15H24N2O/c1-12(2)18-14-7-5-6-13(10-14)15(11-16)17-8-3-4-9-17/h5-7,10,12,15H,3-4,8-9,11,16H2,1-2H3. The van der Waals surface area contributed by atoms with Gasteiger partial charge in [-0.2, -0.15) is 0 Å². The number of ether oxygens (including phenoxy) is 1. The van der Waals surface area contributed by atoms with Gasteiger partial charge < -0.3 is 10.5 Å². The maximum Gasteiger partial charge on any atom is 0.120 e. The van der Waals surface area contributed by atoms with Crippen LogP contribution in [-0.2, 0) is 0 Å². The average molecular weight is 248 g/mol. The molecule has 1 aromatic carbocycles. The summed E-state index contributed by atoms with van der Waals surface area (Å²) in [4.78, 5) is 2.48. The molecule has 1 unspecified atom stereocenters. The van der Waals surface area contributed by atoms with E-state index in [0.29, 0.717) is 12.6 Å². The highest BCUT2D eigenvalue weighted by Crippen LogP contribution is 2.27. The second-order valence-corrected chi connectivity index (χ2v) is 5.23. The molecule has 0 spiro atoms. The molecule has 1 aliphatic rings. The first-order chi connectivity index (χ1) is 8.70. The Morgan fingerprint density at radius 3 is 2.61 bits per heavy atom. The van der Waals surface area contributed by atoms with E-state index in [1.165, 1.54) is 18.4 Å². The van der Waals surface area contributed by atoms with Crippen LogP contribution in [0.15, 0.2) is 24.3 Å². The molecule has 0 aromatic heterocycles. The highest BCUT2D eigenvalue weighted by atomic mass is 16.5. The highest BCUT2D eigenvalue weighted by molar-refractivity contribution is 5.31. The van der Waals surface area contributed by atoms with Crippen molar-refractivity contribution in [2.75, 3.05) is 19.6 Å². The van der Waals surface area contributed by atoms with Gasteiger partial charge in [0.1, 0.15) is 5.75 Å². The maximum absolute atomic E-state index is 5.95. The Morgan fingerprint density at radius 2 is 2.00 bits per heavy atom. The molecule has 0 amide bonds. The molecule has 1 aliphatic heterocycles. The van der Waals surface area contributed by atoms with E-state index in [0.717, 1.165) is 18.8 Å². The van der Waals surface area contributed by atoms with Crippen LogP contribution in [-0.4, -0.2) is 30.6 Å². The Morgan fingerprint density at radius 1 is 1.28 bits per heavy atom. The Labute approximate surface area is 110 Å². The summed E-state index contributed by atoms with van der Waals surface area (Å²) in [6, 6.07) is 8.70. The number of likely N-dealkylation sites (tertiary alicyclic amines) is 1. The predicted octanol–water partition coefficient (Wildman–Crippen LogP) is 2.57. The third kappa shape index (κ3) is 3.24. The van der Waals surface area contributed by atoms with Gasteiger partial charge in [-0.05, 0) is 57.5 Å². The summed E-state index contributed by atoms with van der Waals surface area (Å²) in [6.07, 6.45) is 2.79. The molecule has 3 nitrogen and oxygen atoms in total. The fourth-order valence-corrected chi connectivity index (χ4v) is 2.62. The number of hydrogen-bond donors (Lipinski definition) is 1. The zero-order valence-electron chi connectivity index (χ0n) is 11.4. The van der Waals surface area contributed by atoms with Gasteiger partial charge in [-0.15, -0.1) is 0 Å². The number of benzene rings is 1. The molecule has 0 aliphatic carbocycles. The summed E-state index contributed by atoms with van der Waals surface area (Å²) in [5.41, 5.74) is 7.23. The van der Waals surface area contributed by atoms with Gasteiger partial charge in [-0.1, -0.05) is 12.1 Å². The molecule has 3 heteroatoms. The van der Waals surface area contributed by atoms with Crippen LogP contribution < -0.4 is 10.5 Å². The van der Waals surface area contributed by atoms with Gasteiger partial charge in [-0.3, -0.25) is 4.90 Å². The van der Waals surface area contributed by atoms with Gasteiger partial charge in [0, 0.05) is 12.6 Å². The molecule has 1 heterocycles. The van der Waals surface area contributed by atoms with E-state index in [2.05, 4.69) is 23.1 Å². The Kier molecular flexibility index (Phi) is 4.61. The lowest BCUT2D eigenvalue weighted by atomic mass is 10.1. The van der Waals surface area contributed by atoms with E-state index in [4.69, 9.17) is 10.5 Å². The van der Waals surface area contributed by atoms with Crippen molar-refractivity contribution >= 4 is 0 Å². The monoisotopic (exact) mass is 248 g/mol. The van der Waals surface area contributed by atoms with Crippen molar-refractivity contribution in [3.05, 3.63) is 29.8 Å². The van der Waals surface area contributed by atoms with Crippen molar-refractivity contribution in [1.82, 2.24) is 4.90 Å². The first-order valence-electron chi connectivity index (χ1n) is 6.91. The first kappa shape index (κ1) is 13.4. The summed E-state index contributed by atoms with van der Waals surface area (Å²) >= 11 is 0. The molecule has 0 radical (unpaired) electrons. The molecule has 0 bridgehead atoms. The highest BCUT2D eigenvalue weighted by Gasteiger charge is 2.22. The molecule has 1 aromatic rings. The smallest absolute Gasteiger partial charge is 0.120 e. The van der Waals surface area contributed by atoms with Crippen LogP contribution in [0.5, 0.6) is 5.75 Å². The normalized spacial score (nSPS) is 18.2. The molecule has 0 saturated carbocycles. The van der Waals surface area contributed by atoms with Crippen LogP contribution in [0.1, 0.15) is 38.3 Å². The lowest BCUT2D eigenvalue weighted by Gasteiger charge is -2.27. The second-order valence-electron chi connectivity index (χ2n) is 5.23. The van der Waals surface area contributed by atoms with Gasteiger partial charge in [0.15, 0.2) is 0 Å². The molecular formula is C15H24N2O. The van der Waals surface area contributed by atoms with Crippen LogP contribution in [0.4, 0.5) is 0 Å². The molecule has 1 atom stereocenters. The third-order valence-electron chi connectivity index (χ3n) is 3.42. The van der Waals surface area contributed by atoms with Crippen LogP contribution in [0, 0.1) is 0 Å². The van der Waals surface area contributed by atoms with E-state index in [1.54, 1.807) is 0 Å². The summed E-state index contributed by atoms with van der Waals surface area (Å²) in [6.45, 7) is 7.10. The minimum Gasteiger partial charge on any atom is -0.491 e. The molecule has 2 N–H and O–H groups in total. The van der Waals surface area contributed by atoms with Crippen LogP contribution in [0.2, 0.25) is 0 Å². The van der Waals surface area contributed by atoms with E-state index in [-0.39, 0.29) is 6.10 Å². The second kappa shape index (κ2) is 6.21. The van der Waals surface area contributed by atoms with E-state index in [9.17, 15) is 0 Å². The van der Waals surface area contributed by atoms with Crippen molar-refractivity contribution in [3.63, 3.8) is 0 Å². The van der Waals surface area contributed by atoms with Crippen molar-refractivity contribution in [2.45, 2.75) is 38.8 Å². The molecule has 2 rings (SSSR count). The largest absolute Gasteiger partial charge is 0.491 e. The number of hydrogen-bond acceptors (Lipinski definition) is 3. The van der Waals surface area contributed by atoms with Gasteiger partial charge >= 0.3 is 0 Å². The average Bonchev–Trinajstić information content (AvgIpc) is 2.83. The number of nitrogens with two attached hydrogens (primary N) is 1. The Balaban J connectivity index is 2.14.